The Kier molecular flexibility index (Phi) is 6.85. The van der Waals surface area contributed by atoms with Gasteiger partial charge in [0.15, 0.2) is 11.5 Å². The molecule has 0 spiro atoms. The van der Waals surface area contributed by atoms with Crippen LogP contribution >= 0.6 is 0 Å². The maximum atomic E-state index is 13.4. The summed E-state index contributed by atoms with van der Waals surface area (Å²) < 4.78 is 40.0. The van der Waals surface area contributed by atoms with Gasteiger partial charge in [-0.25, -0.2) is 8.42 Å². The predicted molar refractivity (Wildman–Crippen MR) is 120 cm³/mol. The van der Waals surface area contributed by atoms with Crippen molar-refractivity contribution in [3.63, 3.8) is 0 Å². The molecule has 0 aromatic heterocycles. The Hall–Kier alpha value is -3.11. The summed E-state index contributed by atoms with van der Waals surface area (Å²) in [5.74, 6) is -0.140. The smallest absolute Gasteiger partial charge is 0.241 e. The molecule has 2 aromatic rings. The molecule has 0 radical (unpaired) electrons. The van der Waals surface area contributed by atoms with Gasteiger partial charge in [-0.2, -0.15) is 4.72 Å². The van der Waals surface area contributed by atoms with E-state index in [-0.39, 0.29) is 29.0 Å². The van der Waals surface area contributed by atoms with Crippen molar-refractivity contribution in [3.8, 4) is 11.5 Å². The molecule has 0 bridgehead atoms. The Bertz CT molecular complexity index is 1110. The molecule has 9 nitrogen and oxygen atoms in total. The summed E-state index contributed by atoms with van der Waals surface area (Å²) in [6.45, 7) is 1.44. The average Bonchev–Trinajstić information content (AvgIpc) is 2.83. The molecule has 0 unspecified atom stereocenters. The Balaban J connectivity index is 1.55. The fourth-order valence-electron chi connectivity index (χ4n) is 4.08. The van der Waals surface area contributed by atoms with Crippen molar-refractivity contribution in [2.75, 3.05) is 26.3 Å². The number of nitrogens with zero attached hydrogens (tertiary/aromatic N) is 1. The molecule has 4 rings (SSSR count). The van der Waals surface area contributed by atoms with E-state index in [0.717, 1.165) is 5.56 Å². The monoisotopic (exact) mass is 473 g/mol. The highest BCUT2D eigenvalue weighted by molar-refractivity contribution is 7.89. The number of ether oxygens (including phenoxy) is 2. The summed E-state index contributed by atoms with van der Waals surface area (Å²) in [7, 11) is -4.03. The molecule has 0 saturated carbocycles. The van der Waals surface area contributed by atoms with Gasteiger partial charge in [-0.05, 0) is 37.0 Å². The Morgan fingerprint density at radius 3 is 2.36 bits per heavy atom. The standard InChI is InChI=1S/C23H27N3O6S/c24-22(27)17-8-10-26(11-9-17)23(28)19(14-16-4-2-1-3-5-16)25-33(29,30)18-6-7-20-21(15-18)32-13-12-31-20/h1-7,15,17,19,25H,8-14H2,(H2,24,27)/t19-/m0/s1. The van der Waals surface area contributed by atoms with Crippen LogP contribution in [0, 0.1) is 5.92 Å². The van der Waals surface area contributed by atoms with Crippen molar-refractivity contribution in [3.05, 3.63) is 54.1 Å². The quantitative estimate of drug-likeness (QED) is 0.619. The van der Waals surface area contributed by atoms with Crippen LogP contribution in [-0.2, 0) is 26.0 Å². The second kappa shape index (κ2) is 9.80. The highest BCUT2D eigenvalue weighted by Crippen LogP contribution is 2.32. The van der Waals surface area contributed by atoms with E-state index in [4.69, 9.17) is 15.2 Å². The number of fused-ring (bicyclic) bond motifs is 1. The molecule has 3 N–H and O–H groups in total. The Morgan fingerprint density at radius 1 is 1.03 bits per heavy atom. The number of amides is 2. The summed E-state index contributed by atoms with van der Waals surface area (Å²) in [5.41, 5.74) is 6.22. The van der Waals surface area contributed by atoms with Gasteiger partial charge in [0.25, 0.3) is 0 Å². The fraction of sp³-hybridized carbons (Fsp3) is 0.391. The number of benzene rings is 2. The van der Waals surface area contributed by atoms with Crippen LogP contribution in [-0.4, -0.2) is 57.5 Å². The van der Waals surface area contributed by atoms with E-state index in [1.54, 1.807) is 11.0 Å². The molecule has 33 heavy (non-hydrogen) atoms. The van der Waals surface area contributed by atoms with Gasteiger partial charge in [0.1, 0.15) is 19.3 Å². The van der Waals surface area contributed by atoms with Gasteiger partial charge >= 0.3 is 0 Å². The summed E-state index contributed by atoms with van der Waals surface area (Å²) in [6.07, 6.45) is 1.13. The number of carbonyl (C=O) groups excluding carboxylic acids is 2. The molecular formula is C23H27N3O6S. The third kappa shape index (κ3) is 5.45. The van der Waals surface area contributed by atoms with Crippen LogP contribution in [0.2, 0.25) is 0 Å². The molecule has 1 fully saturated rings. The average molecular weight is 474 g/mol. The summed E-state index contributed by atoms with van der Waals surface area (Å²) in [6, 6.07) is 12.6. The topological polar surface area (TPSA) is 128 Å². The van der Waals surface area contributed by atoms with E-state index in [2.05, 4.69) is 4.72 Å². The van der Waals surface area contributed by atoms with E-state index in [1.807, 2.05) is 30.3 Å². The van der Waals surface area contributed by atoms with Crippen LogP contribution in [0.1, 0.15) is 18.4 Å². The number of hydrogen-bond donors (Lipinski definition) is 2. The molecule has 10 heteroatoms. The maximum absolute atomic E-state index is 13.4. The highest BCUT2D eigenvalue weighted by Gasteiger charge is 2.33. The zero-order chi connectivity index (χ0) is 23.4. The van der Waals surface area contributed by atoms with Gasteiger partial charge in [0, 0.05) is 25.1 Å². The lowest BCUT2D eigenvalue weighted by molar-refractivity contribution is -0.136. The second-order valence-corrected chi connectivity index (χ2v) is 9.88. The number of sulfonamides is 1. The van der Waals surface area contributed by atoms with Crippen LogP contribution in [0.15, 0.2) is 53.4 Å². The molecule has 0 aliphatic carbocycles. The number of likely N-dealkylation sites (tertiary alicyclic amines) is 1. The molecule has 2 amide bonds. The molecule has 1 saturated heterocycles. The molecule has 1 atom stereocenters. The first-order valence-corrected chi connectivity index (χ1v) is 12.4. The molecule has 2 aliphatic heterocycles. The minimum absolute atomic E-state index is 0.00921. The van der Waals surface area contributed by atoms with Crippen LogP contribution in [0.5, 0.6) is 11.5 Å². The van der Waals surface area contributed by atoms with Gasteiger partial charge in [-0.3, -0.25) is 9.59 Å². The lowest BCUT2D eigenvalue weighted by atomic mass is 9.95. The van der Waals surface area contributed by atoms with E-state index < -0.39 is 16.1 Å². The van der Waals surface area contributed by atoms with Crippen molar-refractivity contribution in [2.45, 2.75) is 30.2 Å². The Labute approximate surface area is 192 Å². The van der Waals surface area contributed by atoms with Crippen molar-refractivity contribution < 1.29 is 27.5 Å². The normalized spacial score (nSPS) is 17.4. The molecule has 2 aliphatic rings. The summed E-state index contributed by atoms with van der Waals surface area (Å²) in [5, 5.41) is 0. The van der Waals surface area contributed by atoms with Gasteiger partial charge in [-0.1, -0.05) is 30.3 Å². The number of nitrogens with two attached hydrogens (primary N) is 1. The third-order valence-corrected chi connectivity index (χ3v) is 7.38. The van der Waals surface area contributed by atoms with Crippen LogP contribution in [0.4, 0.5) is 0 Å². The third-order valence-electron chi connectivity index (χ3n) is 5.91. The first-order chi connectivity index (χ1) is 15.8. The zero-order valence-electron chi connectivity index (χ0n) is 18.1. The van der Waals surface area contributed by atoms with E-state index in [0.29, 0.717) is 50.6 Å². The lowest BCUT2D eigenvalue weighted by Gasteiger charge is -2.33. The van der Waals surface area contributed by atoms with Gasteiger partial charge in [0.05, 0.1) is 4.90 Å². The number of primary amides is 1. The van der Waals surface area contributed by atoms with Gasteiger partial charge in [-0.15, -0.1) is 0 Å². The SMILES string of the molecule is NC(=O)C1CCN(C(=O)[C@H](Cc2ccccc2)NS(=O)(=O)c2ccc3c(c2)OCCO3)CC1. The maximum Gasteiger partial charge on any atom is 0.241 e. The fourth-order valence-corrected chi connectivity index (χ4v) is 5.28. The Morgan fingerprint density at radius 2 is 1.70 bits per heavy atom. The van der Waals surface area contributed by atoms with Crippen molar-refractivity contribution in [1.82, 2.24) is 9.62 Å². The van der Waals surface area contributed by atoms with E-state index >= 15 is 0 Å². The summed E-state index contributed by atoms with van der Waals surface area (Å²) in [4.78, 5) is 26.4. The van der Waals surface area contributed by atoms with Crippen LogP contribution < -0.4 is 19.9 Å². The van der Waals surface area contributed by atoms with Crippen LogP contribution in [0.3, 0.4) is 0 Å². The van der Waals surface area contributed by atoms with Gasteiger partial charge in [0.2, 0.25) is 21.8 Å². The highest BCUT2D eigenvalue weighted by atomic mass is 32.2. The second-order valence-electron chi connectivity index (χ2n) is 8.17. The van der Waals surface area contributed by atoms with Crippen molar-refractivity contribution in [2.24, 2.45) is 11.7 Å². The number of rotatable bonds is 7. The van der Waals surface area contributed by atoms with Crippen molar-refractivity contribution in [1.29, 1.82) is 0 Å². The first-order valence-electron chi connectivity index (χ1n) is 10.9. The predicted octanol–water partition coefficient (Wildman–Crippen LogP) is 1.07. The zero-order valence-corrected chi connectivity index (χ0v) is 18.9. The number of nitrogens with one attached hydrogen (secondary N) is 1. The first kappa shape index (κ1) is 23.1. The van der Waals surface area contributed by atoms with Gasteiger partial charge < -0.3 is 20.1 Å². The lowest BCUT2D eigenvalue weighted by Crippen LogP contribution is -2.52. The summed E-state index contributed by atoms with van der Waals surface area (Å²) >= 11 is 0. The number of piperidine rings is 1. The molecule has 2 aromatic carbocycles. The molecular weight excluding hydrogens is 446 g/mol. The van der Waals surface area contributed by atoms with E-state index in [1.165, 1.54) is 12.1 Å². The van der Waals surface area contributed by atoms with E-state index in [9.17, 15) is 18.0 Å². The largest absolute Gasteiger partial charge is 0.486 e. The number of hydrogen-bond acceptors (Lipinski definition) is 6. The molecule has 2 heterocycles. The molecule has 176 valence electrons. The minimum Gasteiger partial charge on any atom is -0.486 e. The van der Waals surface area contributed by atoms with Crippen LogP contribution in [0.25, 0.3) is 0 Å². The van der Waals surface area contributed by atoms with Crippen molar-refractivity contribution >= 4 is 21.8 Å². The minimum atomic E-state index is -4.03. The number of carbonyl (C=O) groups is 2.